The highest BCUT2D eigenvalue weighted by Crippen LogP contribution is 2.20. The van der Waals surface area contributed by atoms with E-state index in [4.69, 9.17) is 21.3 Å². The SMILES string of the molecule is CCCCCCCCCCN=C(N)SC.CCCCCCCCCCN=C(N)SC.COP(O)O. The molecule has 0 spiro atoms. The molecule has 0 aromatic heterocycles. The Bertz CT molecular complexity index is 424. The van der Waals surface area contributed by atoms with Crippen LogP contribution in [-0.2, 0) is 4.52 Å². The van der Waals surface area contributed by atoms with E-state index in [2.05, 4.69) is 28.4 Å². The molecule has 0 rings (SSSR count). The fourth-order valence-electron chi connectivity index (χ4n) is 3.00. The van der Waals surface area contributed by atoms with E-state index in [1.54, 1.807) is 0 Å². The zero-order chi connectivity index (χ0) is 27.0. The van der Waals surface area contributed by atoms with Gasteiger partial charge in [-0.2, -0.15) is 0 Å². The Balaban J connectivity index is -0.000000491. The van der Waals surface area contributed by atoms with Crippen molar-refractivity contribution in [3.05, 3.63) is 0 Å². The normalized spacial score (nSPS) is 11.7. The summed E-state index contributed by atoms with van der Waals surface area (Å²) in [6, 6.07) is 0. The Morgan fingerprint density at radius 1 is 0.629 bits per heavy atom. The highest BCUT2D eigenvalue weighted by molar-refractivity contribution is 8.13. The Labute approximate surface area is 227 Å². The number of hydrogen-bond donors (Lipinski definition) is 4. The Hall–Kier alpha value is -0.0500. The lowest BCUT2D eigenvalue weighted by molar-refractivity contribution is 0.310. The molecule has 35 heavy (non-hydrogen) atoms. The van der Waals surface area contributed by atoms with E-state index in [0.29, 0.717) is 0 Å². The van der Waals surface area contributed by atoms with Crippen LogP contribution in [-0.4, -0.2) is 52.8 Å². The zero-order valence-corrected chi connectivity index (χ0v) is 25.9. The molecule has 0 radical (unpaired) electrons. The number of aliphatic imine (C=N–C) groups is 2. The summed E-state index contributed by atoms with van der Waals surface area (Å²) in [4.78, 5) is 24.0. The molecule has 0 aromatic carbocycles. The van der Waals surface area contributed by atoms with Gasteiger partial charge in [-0.25, -0.2) is 0 Å². The number of nitrogens with two attached hydrogens (primary N) is 2. The average Bonchev–Trinajstić information content (AvgIpc) is 2.87. The maximum absolute atomic E-state index is 7.76. The van der Waals surface area contributed by atoms with Gasteiger partial charge in [-0.15, -0.1) is 0 Å². The Morgan fingerprint density at radius 2 is 0.886 bits per heavy atom. The van der Waals surface area contributed by atoms with Crippen molar-refractivity contribution in [2.45, 2.75) is 117 Å². The maximum Gasteiger partial charge on any atom is 0.326 e. The molecule has 0 aliphatic carbocycles. The minimum atomic E-state index is -2.10. The molecule has 0 bridgehead atoms. The topological polar surface area (TPSA) is 126 Å². The van der Waals surface area contributed by atoms with Crippen molar-refractivity contribution < 1.29 is 14.3 Å². The van der Waals surface area contributed by atoms with Crippen LogP contribution in [0.1, 0.15) is 117 Å². The minimum Gasteiger partial charge on any atom is -0.379 e. The van der Waals surface area contributed by atoms with Crippen LogP contribution in [0.15, 0.2) is 9.98 Å². The number of nitrogens with zero attached hydrogens (tertiary/aromatic N) is 2. The van der Waals surface area contributed by atoms with Gasteiger partial charge < -0.3 is 25.8 Å². The minimum absolute atomic E-state index is 0.720. The van der Waals surface area contributed by atoms with E-state index >= 15 is 0 Å². The van der Waals surface area contributed by atoms with Gasteiger partial charge in [0.1, 0.15) is 0 Å². The van der Waals surface area contributed by atoms with Crippen molar-refractivity contribution in [3.8, 4) is 0 Å². The molecule has 0 fully saturated rings. The number of unbranched alkanes of at least 4 members (excludes halogenated alkanes) is 14. The van der Waals surface area contributed by atoms with Gasteiger partial charge in [0, 0.05) is 20.2 Å². The summed E-state index contributed by atoms with van der Waals surface area (Å²) in [6.45, 7) is 6.32. The molecule has 0 heterocycles. The highest BCUT2D eigenvalue weighted by atomic mass is 32.2. The molecule has 10 heteroatoms. The fourth-order valence-corrected chi connectivity index (χ4v) is 3.44. The Morgan fingerprint density at radius 3 is 1.11 bits per heavy atom. The largest absolute Gasteiger partial charge is 0.379 e. The molecule has 0 aliphatic heterocycles. The van der Waals surface area contributed by atoms with Crippen LogP contribution in [0.4, 0.5) is 0 Å². The molecule has 7 nitrogen and oxygen atoms in total. The molecule has 0 atom stereocenters. The molecule has 0 saturated carbocycles. The lowest BCUT2D eigenvalue weighted by Crippen LogP contribution is -2.06. The zero-order valence-electron chi connectivity index (χ0n) is 23.3. The van der Waals surface area contributed by atoms with Crippen LogP contribution >= 0.6 is 32.1 Å². The van der Waals surface area contributed by atoms with E-state index in [1.165, 1.54) is 133 Å². The number of hydrogen-bond acceptors (Lipinski definition) is 7. The monoisotopic (exact) mass is 556 g/mol. The van der Waals surface area contributed by atoms with Crippen molar-refractivity contribution in [2.24, 2.45) is 21.5 Å². The van der Waals surface area contributed by atoms with Crippen molar-refractivity contribution in [1.82, 2.24) is 0 Å². The van der Waals surface area contributed by atoms with Crippen LogP contribution in [0.25, 0.3) is 0 Å². The second-order valence-corrected chi connectivity index (χ2v) is 10.8. The smallest absolute Gasteiger partial charge is 0.326 e. The van der Waals surface area contributed by atoms with Crippen LogP contribution < -0.4 is 11.5 Å². The lowest BCUT2D eigenvalue weighted by atomic mass is 10.1. The van der Waals surface area contributed by atoms with Gasteiger partial charge in [0.05, 0.1) is 0 Å². The van der Waals surface area contributed by atoms with Crippen molar-refractivity contribution in [1.29, 1.82) is 0 Å². The van der Waals surface area contributed by atoms with Gasteiger partial charge in [-0.3, -0.25) is 9.98 Å². The molecule has 0 unspecified atom stereocenters. The molecule has 6 N–H and O–H groups in total. The van der Waals surface area contributed by atoms with Crippen LogP contribution in [0.3, 0.4) is 0 Å². The summed E-state index contributed by atoms with van der Waals surface area (Å²) in [5, 5.41) is 1.44. The third kappa shape index (κ3) is 44.4. The summed E-state index contributed by atoms with van der Waals surface area (Å²) in [5.74, 6) is 0. The van der Waals surface area contributed by atoms with Gasteiger partial charge in [-0.1, -0.05) is 127 Å². The van der Waals surface area contributed by atoms with Gasteiger partial charge in [0.25, 0.3) is 0 Å². The van der Waals surface area contributed by atoms with Crippen molar-refractivity contribution >= 4 is 42.5 Å². The van der Waals surface area contributed by atoms with Crippen LogP contribution in [0, 0.1) is 0 Å². The van der Waals surface area contributed by atoms with Crippen molar-refractivity contribution in [2.75, 3.05) is 32.7 Å². The second-order valence-electron chi connectivity index (χ2n) is 8.23. The molecular formula is C25H57N4O3PS2. The first-order valence-electron chi connectivity index (χ1n) is 13.3. The fraction of sp³-hybridized carbons (Fsp3) is 0.920. The summed E-state index contributed by atoms with van der Waals surface area (Å²) >= 11 is 3.06. The number of thioether (sulfide) groups is 2. The van der Waals surface area contributed by atoms with E-state index < -0.39 is 8.60 Å². The van der Waals surface area contributed by atoms with Gasteiger partial charge in [0.2, 0.25) is 0 Å². The molecule has 0 saturated heterocycles. The third-order valence-electron chi connectivity index (χ3n) is 5.14. The average molecular weight is 557 g/mol. The maximum atomic E-state index is 7.76. The van der Waals surface area contributed by atoms with Crippen LogP contribution in [0.2, 0.25) is 0 Å². The van der Waals surface area contributed by atoms with Gasteiger partial charge in [0.15, 0.2) is 10.3 Å². The summed E-state index contributed by atoms with van der Waals surface area (Å²) in [7, 11) is -0.870. The highest BCUT2D eigenvalue weighted by Gasteiger charge is 1.93. The standard InChI is InChI=1S/2C12H26N2S.CH5O3P/c2*1-3-4-5-6-7-8-9-10-11-14-12(13)15-2;1-4-5(2)3/h2*3-11H2,1-2H3,(H2,13,14);2-3H,1H3. The Kier molecular flexibility index (Phi) is 40.7. The quantitative estimate of drug-likeness (QED) is 0.0563. The van der Waals surface area contributed by atoms with E-state index in [1.807, 2.05) is 12.5 Å². The molecule has 0 aromatic rings. The summed E-state index contributed by atoms with van der Waals surface area (Å²) < 4.78 is 3.93. The number of amidine groups is 2. The van der Waals surface area contributed by atoms with Gasteiger partial charge in [-0.05, 0) is 25.4 Å². The van der Waals surface area contributed by atoms with E-state index in [0.717, 1.165) is 23.4 Å². The lowest BCUT2D eigenvalue weighted by Gasteiger charge is -2.00. The predicted molar refractivity (Wildman–Crippen MR) is 164 cm³/mol. The number of rotatable bonds is 19. The van der Waals surface area contributed by atoms with Crippen LogP contribution in [0.5, 0.6) is 0 Å². The summed E-state index contributed by atoms with van der Waals surface area (Å²) in [6.07, 6.45) is 25.5. The molecule has 0 aliphatic rings. The molecular weight excluding hydrogens is 499 g/mol. The van der Waals surface area contributed by atoms with Crippen molar-refractivity contribution in [3.63, 3.8) is 0 Å². The summed E-state index contributed by atoms with van der Waals surface area (Å²) in [5.41, 5.74) is 11.2. The first kappa shape index (κ1) is 39.5. The predicted octanol–water partition coefficient (Wildman–Crippen LogP) is 7.45. The molecule has 212 valence electrons. The van der Waals surface area contributed by atoms with E-state index in [9.17, 15) is 0 Å². The van der Waals surface area contributed by atoms with Gasteiger partial charge >= 0.3 is 8.60 Å². The van der Waals surface area contributed by atoms with E-state index in [-0.39, 0.29) is 0 Å². The third-order valence-corrected chi connectivity index (χ3v) is 6.56. The second kappa shape index (κ2) is 36.1. The first-order chi connectivity index (χ1) is 16.9. The first-order valence-corrected chi connectivity index (χ1v) is 16.9. The molecule has 0 amide bonds.